The molecule has 0 aliphatic carbocycles. The van der Waals surface area contributed by atoms with Crippen molar-refractivity contribution in [3.05, 3.63) is 42.6 Å². The SMILES string of the molecule is C[C@@H](C(=O)N1CCN(Cc2ccco2)CC1)n1cccn1. The van der Waals surface area contributed by atoms with Crippen molar-refractivity contribution in [3.63, 3.8) is 0 Å². The fourth-order valence-corrected chi connectivity index (χ4v) is 2.64. The molecule has 21 heavy (non-hydrogen) atoms. The third kappa shape index (κ3) is 3.16. The number of nitrogens with zero attached hydrogens (tertiary/aromatic N) is 4. The number of hydrogen-bond acceptors (Lipinski definition) is 4. The van der Waals surface area contributed by atoms with Crippen LogP contribution < -0.4 is 0 Å². The minimum atomic E-state index is -0.239. The molecule has 3 heterocycles. The van der Waals surface area contributed by atoms with E-state index < -0.39 is 0 Å². The van der Waals surface area contributed by atoms with E-state index in [0.29, 0.717) is 0 Å². The first-order chi connectivity index (χ1) is 10.2. The Balaban J connectivity index is 1.52. The maximum atomic E-state index is 12.4. The average molecular weight is 288 g/mol. The summed E-state index contributed by atoms with van der Waals surface area (Å²) in [5.41, 5.74) is 0. The van der Waals surface area contributed by atoms with E-state index in [2.05, 4.69) is 10.00 Å². The number of amides is 1. The maximum absolute atomic E-state index is 12.4. The molecule has 112 valence electrons. The van der Waals surface area contributed by atoms with Gasteiger partial charge in [0.15, 0.2) is 0 Å². The quantitative estimate of drug-likeness (QED) is 0.853. The summed E-state index contributed by atoms with van der Waals surface area (Å²) in [5.74, 6) is 1.11. The van der Waals surface area contributed by atoms with Crippen LogP contribution in [-0.2, 0) is 11.3 Å². The zero-order valence-corrected chi connectivity index (χ0v) is 12.2. The van der Waals surface area contributed by atoms with E-state index in [-0.39, 0.29) is 11.9 Å². The molecule has 6 heteroatoms. The van der Waals surface area contributed by atoms with Crippen molar-refractivity contribution in [3.8, 4) is 0 Å². The number of furan rings is 1. The summed E-state index contributed by atoms with van der Waals surface area (Å²) in [6.45, 7) is 5.96. The Labute approximate surface area is 123 Å². The highest BCUT2D eigenvalue weighted by Gasteiger charge is 2.26. The van der Waals surface area contributed by atoms with Gasteiger partial charge in [-0.15, -0.1) is 0 Å². The summed E-state index contributed by atoms with van der Waals surface area (Å²) in [5, 5.41) is 4.14. The molecule has 1 aliphatic rings. The Morgan fingerprint density at radius 1 is 1.33 bits per heavy atom. The molecule has 2 aromatic heterocycles. The molecule has 1 aliphatic heterocycles. The fraction of sp³-hybridized carbons (Fsp3) is 0.467. The molecule has 1 amide bonds. The minimum absolute atomic E-state index is 0.136. The van der Waals surface area contributed by atoms with Crippen LogP contribution in [0.1, 0.15) is 18.7 Å². The van der Waals surface area contributed by atoms with E-state index >= 15 is 0 Å². The van der Waals surface area contributed by atoms with E-state index in [9.17, 15) is 4.79 Å². The van der Waals surface area contributed by atoms with E-state index in [1.807, 2.05) is 36.2 Å². The van der Waals surface area contributed by atoms with Gasteiger partial charge >= 0.3 is 0 Å². The van der Waals surface area contributed by atoms with E-state index in [1.54, 1.807) is 17.1 Å². The lowest BCUT2D eigenvalue weighted by molar-refractivity contribution is -0.136. The van der Waals surface area contributed by atoms with Crippen molar-refractivity contribution in [2.75, 3.05) is 26.2 Å². The predicted molar refractivity (Wildman–Crippen MR) is 77.5 cm³/mol. The standard InChI is InChI=1S/C15H20N4O2/c1-13(19-6-3-5-16-19)15(20)18-9-7-17(8-10-18)12-14-4-2-11-21-14/h2-6,11,13H,7-10,12H2,1H3/t13-/m0/s1. The molecule has 0 bridgehead atoms. The lowest BCUT2D eigenvalue weighted by Gasteiger charge is -2.35. The van der Waals surface area contributed by atoms with Gasteiger partial charge in [0.25, 0.3) is 0 Å². The molecule has 0 unspecified atom stereocenters. The van der Waals surface area contributed by atoms with Crippen LogP contribution in [0.2, 0.25) is 0 Å². The number of carbonyl (C=O) groups excluding carboxylic acids is 1. The second kappa shape index (κ2) is 6.13. The van der Waals surface area contributed by atoms with Gasteiger partial charge in [-0.3, -0.25) is 14.4 Å². The molecule has 1 fully saturated rings. The Bertz CT molecular complexity index is 557. The summed E-state index contributed by atoms with van der Waals surface area (Å²) in [4.78, 5) is 16.7. The van der Waals surface area contributed by atoms with Crippen molar-refractivity contribution in [1.82, 2.24) is 19.6 Å². The summed E-state index contributed by atoms with van der Waals surface area (Å²) in [6.07, 6.45) is 5.22. The zero-order chi connectivity index (χ0) is 14.7. The first-order valence-electron chi connectivity index (χ1n) is 7.26. The van der Waals surface area contributed by atoms with Gasteiger partial charge in [-0.25, -0.2) is 0 Å². The van der Waals surface area contributed by atoms with Gasteiger partial charge in [-0.1, -0.05) is 0 Å². The van der Waals surface area contributed by atoms with E-state index in [1.165, 1.54) is 0 Å². The second-order valence-electron chi connectivity index (χ2n) is 5.34. The second-order valence-corrected chi connectivity index (χ2v) is 5.34. The molecule has 0 radical (unpaired) electrons. The van der Waals surface area contributed by atoms with Crippen molar-refractivity contribution in [2.24, 2.45) is 0 Å². The van der Waals surface area contributed by atoms with Crippen molar-refractivity contribution >= 4 is 5.91 Å². The first-order valence-corrected chi connectivity index (χ1v) is 7.26. The number of rotatable bonds is 4. The predicted octanol–water partition coefficient (Wildman–Crippen LogP) is 1.38. The van der Waals surface area contributed by atoms with Gasteiger partial charge in [0.1, 0.15) is 11.8 Å². The number of piperazine rings is 1. The molecule has 0 saturated carbocycles. The Hall–Kier alpha value is -2.08. The Morgan fingerprint density at radius 3 is 2.76 bits per heavy atom. The van der Waals surface area contributed by atoms with Gasteiger partial charge < -0.3 is 9.32 Å². The van der Waals surface area contributed by atoms with Gasteiger partial charge in [-0.2, -0.15) is 5.10 Å². The Kier molecular flexibility index (Phi) is 4.06. The van der Waals surface area contributed by atoms with Gasteiger partial charge in [-0.05, 0) is 25.1 Å². The molecular weight excluding hydrogens is 268 g/mol. The lowest BCUT2D eigenvalue weighted by atomic mass is 10.2. The lowest BCUT2D eigenvalue weighted by Crippen LogP contribution is -2.49. The van der Waals surface area contributed by atoms with Gasteiger partial charge in [0.2, 0.25) is 5.91 Å². The number of carbonyl (C=O) groups is 1. The monoisotopic (exact) mass is 288 g/mol. The van der Waals surface area contributed by atoms with Crippen LogP contribution in [-0.4, -0.2) is 51.7 Å². The summed E-state index contributed by atoms with van der Waals surface area (Å²) in [7, 11) is 0. The molecule has 0 aromatic carbocycles. The average Bonchev–Trinajstić information content (AvgIpc) is 3.20. The largest absolute Gasteiger partial charge is 0.468 e. The maximum Gasteiger partial charge on any atom is 0.247 e. The third-order valence-corrected chi connectivity index (χ3v) is 3.92. The highest BCUT2D eigenvalue weighted by atomic mass is 16.3. The van der Waals surface area contributed by atoms with Crippen molar-refractivity contribution in [1.29, 1.82) is 0 Å². The molecule has 1 atom stereocenters. The summed E-state index contributed by atoms with van der Waals surface area (Å²) in [6, 6.07) is 5.49. The van der Waals surface area contributed by atoms with Crippen LogP contribution in [0.4, 0.5) is 0 Å². The molecule has 2 aromatic rings. The van der Waals surface area contributed by atoms with E-state index in [0.717, 1.165) is 38.5 Å². The van der Waals surface area contributed by atoms with Gasteiger partial charge in [0, 0.05) is 38.6 Å². The normalized spacial score (nSPS) is 17.9. The summed E-state index contributed by atoms with van der Waals surface area (Å²) >= 11 is 0. The molecule has 0 N–H and O–H groups in total. The molecular formula is C15H20N4O2. The van der Waals surface area contributed by atoms with Crippen molar-refractivity contribution in [2.45, 2.75) is 19.5 Å². The van der Waals surface area contributed by atoms with Crippen molar-refractivity contribution < 1.29 is 9.21 Å². The van der Waals surface area contributed by atoms with Crippen LogP contribution in [0.25, 0.3) is 0 Å². The van der Waals surface area contributed by atoms with Crippen LogP contribution >= 0.6 is 0 Å². The zero-order valence-electron chi connectivity index (χ0n) is 12.2. The highest BCUT2D eigenvalue weighted by Crippen LogP contribution is 2.13. The molecule has 1 saturated heterocycles. The Morgan fingerprint density at radius 2 is 2.14 bits per heavy atom. The third-order valence-electron chi connectivity index (χ3n) is 3.92. The first kappa shape index (κ1) is 13.9. The summed E-state index contributed by atoms with van der Waals surface area (Å²) < 4.78 is 7.07. The number of aromatic nitrogens is 2. The molecule has 6 nitrogen and oxygen atoms in total. The van der Waals surface area contributed by atoms with Crippen LogP contribution in [0.3, 0.4) is 0 Å². The molecule has 3 rings (SSSR count). The highest BCUT2D eigenvalue weighted by molar-refractivity contribution is 5.80. The molecule has 0 spiro atoms. The fourth-order valence-electron chi connectivity index (χ4n) is 2.64. The van der Waals surface area contributed by atoms with Crippen LogP contribution in [0.15, 0.2) is 41.3 Å². The number of hydrogen-bond donors (Lipinski definition) is 0. The minimum Gasteiger partial charge on any atom is -0.468 e. The topological polar surface area (TPSA) is 54.5 Å². The van der Waals surface area contributed by atoms with Crippen LogP contribution in [0, 0.1) is 0 Å². The van der Waals surface area contributed by atoms with E-state index in [4.69, 9.17) is 4.42 Å². The van der Waals surface area contributed by atoms with Gasteiger partial charge in [0.05, 0.1) is 12.8 Å². The van der Waals surface area contributed by atoms with Crippen LogP contribution in [0.5, 0.6) is 0 Å². The smallest absolute Gasteiger partial charge is 0.247 e.